The fourth-order valence-corrected chi connectivity index (χ4v) is 2.88. The van der Waals surface area contributed by atoms with Gasteiger partial charge in [-0.1, -0.05) is 23.4 Å². The van der Waals surface area contributed by atoms with Crippen LogP contribution in [-0.4, -0.2) is 31.0 Å². The molecule has 136 valence electrons. The highest BCUT2D eigenvalue weighted by Crippen LogP contribution is 2.26. The number of hydrogen-bond acceptors (Lipinski definition) is 6. The number of benzene rings is 2. The molecule has 0 bridgehead atoms. The maximum Gasteiger partial charge on any atom is 0.258 e. The molecule has 2 aromatic carbocycles. The first-order valence-corrected chi connectivity index (χ1v) is 8.69. The maximum absolute atomic E-state index is 11.2. The summed E-state index contributed by atoms with van der Waals surface area (Å²) in [5.74, 6) is 0.719. The van der Waals surface area contributed by atoms with Gasteiger partial charge in [-0.15, -0.1) is 5.10 Å². The van der Waals surface area contributed by atoms with E-state index in [0.29, 0.717) is 17.4 Å². The number of carbonyl (C=O) groups is 1. The van der Waals surface area contributed by atoms with Gasteiger partial charge in [-0.25, -0.2) is 4.68 Å². The Hall–Kier alpha value is -3.55. The summed E-state index contributed by atoms with van der Waals surface area (Å²) < 4.78 is 7.29. The molecular weight excluding hydrogens is 344 g/mol. The molecule has 0 atom stereocenters. The number of amides is 1. The standard InChI is InChI=1S/C19H18N6O2/c1-3-9-25-17-8-7-13(11-16(17)22-24-25)18-21-19(27-23-18)14-5-4-6-15(10-14)20-12(2)26/h4-8,10-11H,3,9H2,1-2H3,(H,20,26). The first kappa shape index (κ1) is 16.9. The van der Waals surface area contributed by atoms with Gasteiger partial charge < -0.3 is 9.84 Å². The summed E-state index contributed by atoms with van der Waals surface area (Å²) in [6.07, 6.45) is 0.992. The third-order valence-corrected chi connectivity index (χ3v) is 4.06. The lowest BCUT2D eigenvalue weighted by Crippen LogP contribution is -2.05. The Morgan fingerprint density at radius 2 is 2.07 bits per heavy atom. The van der Waals surface area contributed by atoms with Gasteiger partial charge in [-0.2, -0.15) is 4.98 Å². The van der Waals surface area contributed by atoms with Crippen LogP contribution in [0.2, 0.25) is 0 Å². The normalized spacial score (nSPS) is 11.0. The van der Waals surface area contributed by atoms with Crippen molar-refractivity contribution in [2.45, 2.75) is 26.8 Å². The summed E-state index contributed by atoms with van der Waals surface area (Å²) in [6.45, 7) is 4.39. The van der Waals surface area contributed by atoms with Crippen LogP contribution in [0.3, 0.4) is 0 Å². The van der Waals surface area contributed by atoms with Gasteiger partial charge in [0.25, 0.3) is 5.89 Å². The molecule has 0 spiro atoms. The zero-order valence-corrected chi connectivity index (χ0v) is 15.0. The fourth-order valence-electron chi connectivity index (χ4n) is 2.88. The van der Waals surface area contributed by atoms with E-state index in [0.717, 1.165) is 35.1 Å². The van der Waals surface area contributed by atoms with Gasteiger partial charge >= 0.3 is 0 Å². The van der Waals surface area contributed by atoms with Crippen molar-refractivity contribution in [1.82, 2.24) is 25.1 Å². The lowest BCUT2D eigenvalue weighted by Gasteiger charge is -2.02. The summed E-state index contributed by atoms with van der Waals surface area (Å²) >= 11 is 0. The molecule has 0 aliphatic rings. The molecule has 2 aromatic heterocycles. The van der Waals surface area contributed by atoms with Gasteiger partial charge in [0.1, 0.15) is 5.52 Å². The van der Waals surface area contributed by atoms with Crippen molar-refractivity contribution in [3.63, 3.8) is 0 Å². The van der Waals surface area contributed by atoms with Crippen LogP contribution in [0.4, 0.5) is 5.69 Å². The number of fused-ring (bicyclic) bond motifs is 1. The van der Waals surface area contributed by atoms with E-state index >= 15 is 0 Å². The number of aryl methyl sites for hydroxylation is 1. The van der Waals surface area contributed by atoms with Crippen molar-refractivity contribution in [2.75, 3.05) is 5.32 Å². The average Bonchev–Trinajstić information content (AvgIpc) is 3.29. The first-order chi connectivity index (χ1) is 13.1. The first-order valence-electron chi connectivity index (χ1n) is 8.69. The summed E-state index contributed by atoms with van der Waals surface area (Å²) in [4.78, 5) is 15.7. The van der Waals surface area contributed by atoms with E-state index in [-0.39, 0.29) is 5.91 Å². The number of aromatic nitrogens is 5. The molecule has 1 amide bonds. The molecule has 8 heteroatoms. The van der Waals surface area contributed by atoms with Gasteiger partial charge in [0, 0.05) is 30.3 Å². The van der Waals surface area contributed by atoms with Crippen LogP contribution in [0, 0.1) is 0 Å². The molecular formula is C19H18N6O2. The molecule has 1 N–H and O–H groups in total. The summed E-state index contributed by atoms with van der Waals surface area (Å²) in [6, 6.07) is 13.1. The molecule has 0 unspecified atom stereocenters. The van der Waals surface area contributed by atoms with Gasteiger partial charge in [0.2, 0.25) is 11.7 Å². The van der Waals surface area contributed by atoms with E-state index in [1.54, 1.807) is 12.1 Å². The smallest absolute Gasteiger partial charge is 0.258 e. The Morgan fingerprint density at radius 3 is 2.89 bits per heavy atom. The minimum absolute atomic E-state index is 0.136. The van der Waals surface area contributed by atoms with Crippen molar-refractivity contribution in [2.24, 2.45) is 0 Å². The van der Waals surface area contributed by atoms with Crippen LogP contribution in [0.15, 0.2) is 47.0 Å². The van der Waals surface area contributed by atoms with Crippen LogP contribution in [-0.2, 0) is 11.3 Å². The van der Waals surface area contributed by atoms with E-state index in [4.69, 9.17) is 4.52 Å². The highest BCUT2D eigenvalue weighted by atomic mass is 16.5. The van der Waals surface area contributed by atoms with Crippen molar-refractivity contribution in [1.29, 1.82) is 0 Å². The molecule has 0 radical (unpaired) electrons. The van der Waals surface area contributed by atoms with E-state index in [1.807, 2.05) is 35.0 Å². The maximum atomic E-state index is 11.2. The predicted octanol–water partition coefficient (Wildman–Crippen LogP) is 3.52. The second-order valence-corrected chi connectivity index (χ2v) is 6.20. The number of nitrogens with one attached hydrogen (secondary N) is 1. The van der Waals surface area contributed by atoms with Gasteiger partial charge in [-0.3, -0.25) is 4.79 Å². The molecule has 2 heterocycles. The lowest BCUT2D eigenvalue weighted by atomic mass is 10.2. The lowest BCUT2D eigenvalue weighted by molar-refractivity contribution is -0.114. The molecule has 4 rings (SSSR count). The van der Waals surface area contributed by atoms with Crippen molar-refractivity contribution >= 4 is 22.6 Å². The second kappa shape index (κ2) is 6.99. The number of nitrogens with zero attached hydrogens (tertiary/aromatic N) is 5. The minimum atomic E-state index is -0.136. The molecule has 0 saturated carbocycles. The number of hydrogen-bond donors (Lipinski definition) is 1. The molecule has 8 nitrogen and oxygen atoms in total. The van der Waals surface area contributed by atoms with E-state index < -0.39 is 0 Å². The number of carbonyl (C=O) groups excluding carboxylic acids is 1. The van der Waals surface area contributed by atoms with Crippen LogP contribution in [0.25, 0.3) is 33.9 Å². The van der Waals surface area contributed by atoms with E-state index in [2.05, 4.69) is 32.7 Å². The molecule has 0 saturated heterocycles. The molecule has 0 aliphatic heterocycles. The summed E-state index contributed by atoms with van der Waals surface area (Å²) in [5.41, 5.74) is 3.98. The number of anilines is 1. The van der Waals surface area contributed by atoms with Crippen LogP contribution in [0.5, 0.6) is 0 Å². The van der Waals surface area contributed by atoms with Gasteiger partial charge in [-0.05, 0) is 42.8 Å². The fraction of sp³-hybridized carbons (Fsp3) is 0.211. The Morgan fingerprint density at radius 1 is 1.19 bits per heavy atom. The molecule has 0 aliphatic carbocycles. The van der Waals surface area contributed by atoms with Crippen molar-refractivity contribution in [3.05, 3.63) is 42.5 Å². The third kappa shape index (κ3) is 3.41. The zero-order chi connectivity index (χ0) is 18.8. The van der Waals surface area contributed by atoms with Crippen LogP contribution < -0.4 is 5.32 Å². The minimum Gasteiger partial charge on any atom is -0.334 e. The molecule has 4 aromatic rings. The SMILES string of the molecule is CCCn1nnc2cc(-c3noc(-c4cccc(NC(C)=O)c4)n3)ccc21. The summed E-state index contributed by atoms with van der Waals surface area (Å²) in [5, 5.41) is 15.2. The van der Waals surface area contributed by atoms with Crippen LogP contribution in [0.1, 0.15) is 20.3 Å². The largest absolute Gasteiger partial charge is 0.334 e. The Labute approximate surface area is 155 Å². The van der Waals surface area contributed by atoms with Crippen molar-refractivity contribution < 1.29 is 9.32 Å². The third-order valence-electron chi connectivity index (χ3n) is 4.06. The molecule has 27 heavy (non-hydrogen) atoms. The van der Waals surface area contributed by atoms with Gasteiger partial charge in [0.05, 0.1) is 5.52 Å². The highest BCUT2D eigenvalue weighted by Gasteiger charge is 2.13. The topological polar surface area (TPSA) is 98.7 Å². The predicted molar refractivity (Wildman–Crippen MR) is 101 cm³/mol. The van der Waals surface area contributed by atoms with Crippen LogP contribution >= 0.6 is 0 Å². The van der Waals surface area contributed by atoms with E-state index in [1.165, 1.54) is 6.92 Å². The Balaban J connectivity index is 1.64. The Kier molecular flexibility index (Phi) is 4.37. The highest BCUT2D eigenvalue weighted by molar-refractivity contribution is 5.89. The summed E-state index contributed by atoms with van der Waals surface area (Å²) in [7, 11) is 0. The Bertz CT molecular complexity index is 1110. The van der Waals surface area contributed by atoms with E-state index in [9.17, 15) is 4.79 Å². The number of rotatable bonds is 5. The average molecular weight is 362 g/mol. The quantitative estimate of drug-likeness (QED) is 0.583. The molecule has 0 fully saturated rings. The van der Waals surface area contributed by atoms with Crippen molar-refractivity contribution in [3.8, 4) is 22.8 Å². The zero-order valence-electron chi connectivity index (χ0n) is 15.0. The second-order valence-electron chi connectivity index (χ2n) is 6.20. The van der Waals surface area contributed by atoms with Gasteiger partial charge in [0.15, 0.2) is 0 Å². The monoisotopic (exact) mass is 362 g/mol.